The number of rotatable bonds is 6. The summed E-state index contributed by atoms with van der Waals surface area (Å²) in [6, 6.07) is 5.76. The van der Waals surface area contributed by atoms with Crippen LogP contribution in [0.25, 0.3) is 5.57 Å². The minimum absolute atomic E-state index is 0.0920. The molecule has 132 valence electrons. The smallest absolute Gasteiger partial charge is 0.326 e. The Kier molecular flexibility index (Phi) is 5.81. The number of carbonyl (C=O) groups is 3. The van der Waals surface area contributed by atoms with Crippen molar-refractivity contribution in [3.05, 3.63) is 34.7 Å². The Morgan fingerprint density at radius 3 is 2.44 bits per heavy atom. The zero-order valence-corrected chi connectivity index (χ0v) is 15.0. The highest BCUT2D eigenvalue weighted by molar-refractivity contribution is 8.26. The Morgan fingerprint density at radius 2 is 1.92 bits per heavy atom. The van der Waals surface area contributed by atoms with Crippen LogP contribution in [0.5, 0.6) is 0 Å². The number of carboxylic acid groups (broad SMARTS) is 1. The van der Waals surface area contributed by atoms with Gasteiger partial charge in [0, 0.05) is 12.1 Å². The first-order valence-electron chi connectivity index (χ1n) is 7.35. The molecule has 0 saturated carbocycles. The number of hydrogen-bond donors (Lipinski definition) is 3. The number of carbonyl (C=O) groups excluding carboxylic acids is 2. The van der Waals surface area contributed by atoms with E-state index >= 15 is 0 Å². The predicted molar refractivity (Wildman–Crippen MR) is 100 cm³/mol. The molecular formula is C16H17N3O4S2. The lowest BCUT2D eigenvalue weighted by Gasteiger charge is -2.22. The summed E-state index contributed by atoms with van der Waals surface area (Å²) in [5, 5.41) is 9.41. The van der Waals surface area contributed by atoms with Crippen molar-refractivity contribution in [2.24, 2.45) is 5.73 Å². The molecule has 1 heterocycles. The standard InChI is InChI=1S/C16H17N3O4S2/c1-8(9-2-4-10(17)5-3-9)13-14(21)19(16(24)25-13)11(15(22)23)6-7-12(18)20/h2-5,11H,6-7,17H2,1H3,(H2,18,20)(H,22,23)/b13-8-. The number of aliphatic carboxylic acids is 1. The van der Waals surface area contributed by atoms with Crippen molar-refractivity contribution < 1.29 is 19.5 Å². The zero-order chi connectivity index (χ0) is 18.7. The molecule has 1 saturated heterocycles. The number of hydrogen-bond acceptors (Lipinski definition) is 6. The Bertz CT molecular complexity index is 774. The van der Waals surface area contributed by atoms with E-state index in [2.05, 4.69) is 0 Å². The van der Waals surface area contributed by atoms with Crippen LogP contribution in [-0.4, -0.2) is 38.2 Å². The number of anilines is 1. The van der Waals surface area contributed by atoms with Crippen LogP contribution in [-0.2, 0) is 14.4 Å². The van der Waals surface area contributed by atoms with Crippen LogP contribution in [0.15, 0.2) is 29.2 Å². The summed E-state index contributed by atoms with van der Waals surface area (Å²) in [6.07, 6.45) is -0.241. The molecule has 7 nitrogen and oxygen atoms in total. The van der Waals surface area contributed by atoms with Crippen LogP contribution < -0.4 is 11.5 Å². The van der Waals surface area contributed by atoms with Crippen LogP contribution in [0.3, 0.4) is 0 Å². The van der Waals surface area contributed by atoms with Crippen molar-refractivity contribution in [3.8, 4) is 0 Å². The number of carboxylic acids is 1. The van der Waals surface area contributed by atoms with Gasteiger partial charge in [0.15, 0.2) is 0 Å². The van der Waals surface area contributed by atoms with Crippen molar-refractivity contribution in [1.29, 1.82) is 0 Å². The van der Waals surface area contributed by atoms with E-state index in [9.17, 15) is 19.5 Å². The largest absolute Gasteiger partial charge is 0.480 e. The number of primary amides is 1. The first-order valence-corrected chi connectivity index (χ1v) is 8.58. The number of nitrogens with two attached hydrogens (primary N) is 2. The molecule has 25 heavy (non-hydrogen) atoms. The molecule has 1 unspecified atom stereocenters. The third-order valence-corrected chi connectivity index (χ3v) is 5.25. The number of amides is 2. The number of benzene rings is 1. The van der Waals surface area contributed by atoms with Gasteiger partial charge in [0.2, 0.25) is 5.91 Å². The average molecular weight is 379 g/mol. The highest BCUT2D eigenvalue weighted by Crippen LogP contribution is 2.38. The van der Waals surface area contributed by atoms with Crippen molar-refractivity contribution >= 4 is 57.3 Å². The molecule has 1 fully saturated rings. The number of nitrogens with zero attached hydrogens (tertiary/aromatic N) is 1. The van der Waals surface area contributed by atoms with Crippen molar-refractivity contribution in [2.75, 3.05) is 5.73 Å². The van der Waals surface area contributed by atoms with E-state index in [1.807, 2.05) is 0 Å². The summed E-state index contributed by atoms with van der Waals surface area (Å²) in [6.45, 7) is 1.76. The van der Waals surface area contributed by atoms with Gasteiger partial charge in [-0.15, -0.1) is 0 Å². The molecule has 0 aromatic heterocycles. The summed E-state index contributed by atoms with van der Waals surface area (Å²) < 4.78 is 0.145. The first kappa shape index (κ1) is 18.9. The van der Waals surface area contributed by atoms with Gasteiger partial charge in [0.1, 0.15) is 10.4 Å². The average Bonchev–Trinajstić information content (AvgIpc) is 2.83. The molecule has 1 aliphatic rings. The van der Waals surface area contributed by atoms with Crippen molar-refractivity contribution in [3.63, 3.8) is 0 Å². The number of thiocarbonyl (C=S) groups is 1. The second kappa shape index (κ2) is 7.66. The minimum Gasteiger partial charge on any atom is -0.480 e. The Balaban J connectivity index is 2.34. The number of thioether (sulfide) groups is 1. The SMILES string of the molecule is C/C(=C1/SC(=S)N(C(CCC(N)=O)C(=O)O)C1=O)c1ccc(N)cc1. The fraction of sp³-hybridized carbons (Fsp3) is 0.250. The van der Waals surface area contributed by atoms with Crippen molar-refractivity contribution in [1.82, 2.24) is 4.90 Å². The summed E-state index contributed by atoms with van der Waals surface area (Å²) in [4.78, 5) is 36.6. The normalized spacial score (nSPS) is 17.6. The van der Waals surface area contributed by atoms with E-state index in [1.165, 1.54) is 0 Å². The van der Waals surface area contributed by atoms with Gasteiger partial charge in [0.25, 0.3) is 5.91 Å². The zero-order valence-electron chi connectivity index (χ0n) is 13.4. The molecule has 1 atom stereocenters. The molecule has 0 bridgehead atoms. The van der Waals surface area contributed by atoms with Crippen LogP contribution in [0.1, 0.15) is 25.3 Å². The lowest BCUT2D eigenvalue weighted by atomic mass is 10.1. The Morgan fingerprint density at radius 1 is 1.32 bits per heavy atom. The van der Waals surface area contributed by atoms with E-state index < -0.39 is 23.8 Å². The molecule has 2 amide bonds. The summed E-state index contributed by atoms with van der Waals surface area (Å²) in [5.74, 6) is -2.35. The molecule has 5 N–H and O–H groups in total. The molecule has 0 radical (unpaired) electrons. The van der Waals surface area contributed by atoms with Gasteiger partial charge in [-0.1, -0.05) is 36.1 Å². The molecule has 2 rings (SSSR count). The van der Waals surface area contributed by atoms with Gasteiger partial charge in [-0.2, -0.15) is 0 Å². The highest BCUT2D eigenvalue weighted by Gasteiger charge is 2.41. The predicted octanol–water partition coefficient (Wildman–Crippen LogP) is 1.58. The summed E-state index contributed by atoms with van der Waals surface area (Å²) in [7, 11) is 0. The fourth-order valence-electron chi connectivity index (χ4n) is 2.38. The van der Waals surface area contributed by atoms with Gasteiger partial charge in [-0.3, -0.25) is 14.5 Å². The van der Waals surface area contributed by atoms with Crippen LogP contribution in [0.4, 0.5) is 5.69 Å². The molecular weight excluding hydrogens is 362 g/mol. The van der Waals surface area contributed by atoms with Crippen LogP contribution in [0, 0.1) is 0 Å². The monoisotopic (exact) mass is 379 g/mol. The van der Waals surface area contributed by atoms with Gasteiger partial charge in [0.05, 0.1) is 4.91 Å². The van der Waals surface area contributed by atoms with E-state index in [1.54, 1.807) is 31.2 Å². The molecule has 0 aliphatic carbocycles. The summed E-state index contributed by atoms with van der Waals surface area (Å²) in [5.41, 5.74) is 12.8. The molecule has 1 aromatic rings. The fourth-order valence-corrected chi connectivity index (χ4v) is 3.78. The third-order valence-electron chi connectivity index (χ3n) is 3.74. The van der Waals surface area contributed by atoms with E-state index in [4.69, 9.17) is 23.7 Å². The van der Waals surface area contributed by atoms with Crippen molar-refractivity contribution in [2.45, 2.75) is 25.8 Å². The lowest BCUT2D eigenvalue weighted by Crippen LogP contribution is -2.44. The summed E-state index contributed by atoms with van der Waals surface area (Å²) >= 11 is 6.24. The van der Waals surface area contributed by atoms with Gasteiger partial charge in [-0.05, 0) is 36.6 Å². The van der Waals surface area contributed by atoms with Crippen LogP contribution >= 0.6 is 24.0 Å². The number of allylic oxidation sites excluding steroid dienone is 1. The Hall–Kier alpha value is -2.39. The minimum atomic E-state index is -1.23. The van der Waals surface area contributed by atoms with E-state index in [0.29, 0.717) is 16.2 Å². The second-order valence-corrected chi connectivity index (χ2v) is 7.12. The van der Waals surface area contributed by atoms with E-state index in [-0.39, 0.29) is 17.2 Å². The molecule has 1 aromatic carbocycles. The maximum Gasteiger partial charge on any atom is 0.326 e. The van der Waals surface area contributed by atoms with Gasteiger partial charge < -0.3 is 16.6 Å². The van der Waals surface area contributed by atoms with E-state index in [0.717, 1.165) is 22.2 Å². The number of nitrogen functional groups attached to an aromatic ring is 1. The second-order valence-electron chi connectivity index (χ2n) is 5.48. The quantitative estimate of drug-likeness (QED) is 0.389. The molecule has 9 heteroatoms. The highest BCUT2D eigenvalue weighted by atomic mass is 32.2. The third kappa shape index (κ3) is 4.18. The Labute approximate surface area is 154 Å². The van der Waals surface area contributed by atoms with Gasteiger partial charge >= 0.3 is 5.97 Å². The molecule has 0 spiro atoms. The molecule has 1 aliphatic heterocycles. The first-order chi connectivity index (χ1) is 11.7. The maximum absolute atomic E-state index is 12.7. The lowest BCUT2D eigenvalue weighted by molar-refractivity contribution is -0.145. The van der Waals surface area contributed by atoms with Crippen LogP contribution in [0.2, 0.25) is 0 Å². The van der Waals surface area contributed by atoms with Gasteiger partial charge in [-0.25, -0.2) is 4.79 Å². The topological polar surface area (TPSA) is 127 Å². The maximum atomic E-state index is 12.7.